The Morgan fingerprint density at radius 2 is 1.84 bits per heavy atom. The summed E-state index contributed by atoms with van der Waals surface area (Å²) in [5.41, 5.74) is 1.14. The van der Waals surface area contributed by atoms with Gasteiger partial charge in [-0.15, -0.1) is 0 Å². The van der Waals surface area contributed by atoms with Gasteiger partial charge in [-0.1, -0.05) is 52.9 Å². The fourth-order valence-electron chi connectivity index (χ4n) is 3.62. The van der Waals surface area contributed by atoms with Gasteiger partial charge in [0.2, 0.25) is 0 Å². The maximum atomic E-state index is 13.0. The molecule has 1 amide bonds. The molecular formula is C25H20BrNO5. The van der Waals surface area contributed by atoms with Crippen molar-refractivity contribution < 1.29 is 23.8 Å². The molecule has 0 saturated carbocycles. The molecule has 4 rings (SSSR count). The zero-order valence-electron chi connectivity index (χ0n) is 17.0. The lowest BCUT2D eigenvalue weighted by molar-refractivity contribution is -0.140. The van der Waals surface area contributed by atoms with Crippen LogP contribution >= 0.6 is 15.9 Å². The van der Waals surface area contributed by atoms with E-state index in [9.17, 15) is 14.7 Å². The first-order valence-corrected chi connectivity index (χ1v) is 10.7. The van der Waals surface area contributed by atoms with Crippen molar-refractivity contribution in [3.8, 4) is 5.75 Å². The van der Waals surface area contributed by atoms with E-state index < -0.39 is 17.7 Å². The van der Waals surface area contributed by atoms with Gasteiger partial charge in [-0.05, 0) is 42.0 Å². The van der Waals surface area contributed by atoms with Crippen LogP contribution in [-0.4, -0.2) is 28.3 Å². The van der Waals surface area contributed by atoms with E-state index in [0.29, 0.717) is 29.2 Å². The minimum Gasteiger partial charge on any atom is -0.507 e. The number of hydrogen-bond acceptors (Lipinski definition) is 5. The molecule has 1 aromatic heterocycles. The number of benzene rings is 2. The lowest BCUT2D eigenvalue weighted by Crippen LogP contribution is -2.29. The first-order valence-electron chi connectivity index (χ1n) is 9.90. The number of aliphatic hydroxyl groups excluding tert-OH is 1. The molecule has 0 spiro atoms. The fourth-order valence-corrected chi connectivity index (χ4v) is 3.89. The van der Waals surface area contributed by atoms with Gasteiger partial charge in [0.15, 0.2) is 0 Å². The predicted octanol–water partition coefficient (Wildman–Crippen LogP) is 5.23. The van der Waals surface area contributed by atoms with Crippen LogP contribution < -0.4 is 4.74 Å². The number of aliphatic hydroxyl groups is 1. The van der Waals surface area contributed by atoms with Crippen LogP contribution in [0, 0.1) is 0 Å². The summed E-state index contributed by atoms with van der Waals surface area (Å²) in [4.78, 5) is 27.4. The van der Waals surface area contributed by atoms with E-state index in [0.717, 1.165) is 4.47 Å². The van der Waals surface area contributed by atoms with E-state index >= 15 is 0 Å². The number of hydrogen-bond donors (Lipinski definition) is 1. The average Bonchev–Trinajstić information content (AvgIpc) is 3.40. The molecule has 6 nitrogen and oxygen atoms in total. The van der Waals surface area contributed by atoms with Crippen molar-refractivity contribution in [2.45, 2.75) is 12.6 Å². The summed E-state index contributed by atoms with van der Waals surface area (Å²) in [6.07, 6.45) is 3.15. The molecule has 1 aliphatic heterocycles. The van der Waals surface area contributed by atoms with E-state index in [2.05, 4.69) is 22.5 Å². The van der Waals surface area contributed by atoms with Crippen LogP contribution in [0.2, 0.25) is 0 Å². The molecule has 1 aliphatic rings. The van der Waals surface area contributed by atoms with E-state index in [1.54, 1.807) is 66.7 Å². The lowest BCUT2D eigenvalue weighted by atomic mass is 9.95. The topological polar surface area (TPSA) is 80.0 Å². The van der Waals surface area contributed by atoms with Crippen molar-refractivity contribution in [1.82, 2.24) is 4.90 Å². The number of rotatable bonds is 7. The Morgan fingerprint density at radius 1 is 1.12 bits per heavy atom. The highest BCUT2D eigenvalue weighted by Gasteiger charge is 2.46. The Labute approximate surface area is 193 Å². The third-order valence-corrected chi connectivity index (χ3v) is 5.66. The van der Waals surface area contributed by atoms with E-state index in [4.69, 9.17) is 9.15 Å². The number of nitrogens with zero attached hydrogens (tertiary/aromatic N) is 1. The summed E-state index contributed by atoms with van der Waals surface area (Å²) in [7, 11) is 0. The SMILES string of the molecule is C=CCOc1ccc(C2/C(=C(\O)c3ccc(Br)cc3)C(=O)C(=O)N2Cc2ccco2)cc1. The number of carbonyl (C=O) groups excluding carboxylic acids is 2. The smallest absolute Gasteiger partial charge is 0.296 e. The van der Waals surface area contributed by atoms with E-state index in [-0.39, 0.29) is 17.9 Å². The van der Waals surface area contributed by atoms with Crippen LogP contribution in [0.25, 0.3) is 5.76 Å². The minimum absolute atomic E-state index is 0.0311. The molecule has 3 aromatic rings. The molecule has 2 aromatic carbocycles. The van der Waals surface area contributed by atoms with Crippen molar-refractivity contribution in [1.29, 1.82) is 0 Å². The van der Waals surface area contributed by atoms with Gasteiger partial charge >= 0.3 is 0 Å². The molecule has 1 N–H and O–H groups in total. The minimum atomic E-state index is -0.780. The van der Waals surface area contributed by atoms with Crippen molar-refractivity contribution in [2.24, 2.45) is 0 Å². The number of ether oxygens (including phenoxy) is 1. The molecule has 1 fully saturated rings. The number of ketones is 1. The van der Waals surface area contributed by atoms with Crippen LogP contribution in [0.1, 0.15) is 22.9 Å². The maximum absolute atomic E-state index is 13.0. The predicted molar refractivity (Wildman–Crippen MR) is 123 cm³/mol. The van der Waals surface area contributed by atoms with Crippen LogP contribution in [0.5, 0.6) is 5.75 Å². The third kappa shape index (κ3) is 4.24. The Morgan fingerprint density at radius 3 is 2.47 bits per heavy atom. The normalized spacial score (nSPS) is 17.5. The Kier molecular flexibility index (Phi) is 6.28. The van der Waals surface area contributed by atoms with Gasteiger partial charge in [0.1, 0.15) is 23.9 Å². The third-order valence-electron chi connectivity index (χ3n) is 5.13. The van der Waals surface area contributed by atoms with Crippen molar-refractivity contribution in [2.75, 3.05) is 6.61 Å². The molecule has 162 valence electrons. The summed E-state index contributed by atoms with van der Waals surface area (Å²) in [6, 6.07) is 16.6. The molecule has 32 heavy (non-hydrogen) atoms. The van der Waals surface area contributed by atoms with Gasteiger partial charge < -0.3 is 19.2 Å². The number of Topliss-reactive ketones (excluding diaryl/α,β-unsaturated/α-hetero) is 1. The average molecular weight is 494 g/mol. The van der Waals surface area contributed by atoms with Gasteiger partial charge in [0, 0.05) is 10.0 Å². The highest BCUT2D eigenvalue weighted by Crippen LogP contribution is 2.40. The van der Waals surface area contributed by atoms with Gasteiger partial charge in [-0.3, -0.25) is 9.59 Å². The zero-order chi connectivity index (χ0) is 22.7. The number of amides is 1. The van der Waals surface area contributed by atoms with Crippen LogP contribution in [0.3, 0.4) is 0 Å². The number of carbonyl (C=O) groups is 2. The Bertz CT molecular complexity index is 1160. The lowest BCUT2D eigenvalue weighted by Gasteiger charge is -2.24. The van der Waals surface area contributed by atoms with Crippen LogP contribution in [-0.2, 0) is 16.1 Å². The van der Waals surface area contributed by atoms with Crippen molar-refractivity contribution in [3.63, 3.8) is 0 Å². The molecule has 0 bridgehead atoms. The molecule has 2 heterocycles. The summed E-state index contributed by atoms with van der Waals surface area (Å²) in [6.45, 7) is 4.08. The van der Waals surface area contributed by atoms with Crippen LogP contribution in [0.4, 0.5) is 0 Å². The summed E-state index contributed by atoms with van der Waals surface area (Å²) >= 11 is 3.36. The monoisotopic (exact) mass is 493 g/mol. The largest absolute Gasteiger partial charge is 0.507 e. The summed E-state index contributed by atoms with van der Waals surface area (Å²) in [5.74, 6) is -0.503. The van der Waals surface area contributed by atoms with E-state index in [1.807, 2.05) is 0 Å². The molecule has 0 aliphatic carbocycles. The standard InChI is InChI=1S/C25H20BrNO5/c1-2-13-31-19-11-7-16(8-12-19)22-21(23(28)17-5-9-18(26)10-6-17)24(29)25(30)27(22)15-20-4-3-14-32-20/h2-12,14,22,28H,1,13,15H2/b23-21+. The quantitative estimate of drug-likeness (QED) is 0.211. The second-order valence-corrected chi connectivity index (χ2v) is 8.10. The number of likely N-dealkylation sites (tertiary alicyclic amines) is 1. The van der Waals surface area contributed by atoms with Crippen molar-refractivity contribution >= 4 is 33.4 Å². The van der Waals surface area contributed by atoms with Gasteiger partial charge in [0.25, 0.3) is 11.7 Å². The van der Waals surface area contributed by atoms with Gasteiger partial charge in [-0.2, -0.15) is 0 Å². The van der Waals surface area contributed by atoms with E-state index in [1.165, 1.54) is 11.2 Å². The van der Waals surface area contributed by atoms with Crippen molar-refractivity contribution in [3.05, 3.63) is 107 Å². The zero-order valence-corrected chi connectivity index (χ0v) is 18.6. The fraction of sp³-hybridized carbons (Fsp3) is 0.120. The summed E-state index contributed by atoms with van der Waals surface area (Å²) in [5, 5.41) is 11.1. The molecule has 1 saturated heterocycles. The molecule has 1 atom stereocenters. The van der Waals surface area contributed by atoms with Gasteiger partial charge in [0.05, 0.1) is 24.4 Å². The second-order valence-electron chi connectivity index (χ2n) is 7.18. The van der Waals surface area contributed by atoms with Crippen LogP contribution in [0.15, 0.2) is 94.0 Å². The molecule has 7 heteroatoms. The maximum Gasteiger partial charge on any atom is 0.296 e. The highest BCUT2D eigenvalue weighted by atomic mass is 79.9. The highest BCUT2D eigenvalue weighted by molar-refractivity contribution is 9.10. The summed E-state index contributed by atoms with van der Waals surface area (Å²) < 4.78 is 11.8. The molecular weight excluding hydrogens is 474 g/mol. The molecule has 0 radical (unpaired) electrons. The Balaban J connectivity index is 1.80. The molecule has 1 unspecified atom stereocenters. The second kappa shape index (κ2) is 9.28. The number of furan rings is 1. The first-order chi connectivity index (χ1) is 15.5. The van der Waals surface area contributed by atoms with Gasteiger partial charge in [-0.25, -0.2) is 0 Å². The Hall–Kier alpha value is -3.58. The first kappa shape index (κ1) is 21.6. The number of halogens is 1.